The highest BCUT2D eigenvalue weighted by atomic mass is 19.3. The molecule has 25 heavy (non-hydrogen) atoms. The first-order chi connectivity index (χ1) is 11.9. The van der Waals surface area contributed by atoms with Crippen LogP contribution in [0.2, 0.25) is 0 Å². The monoisotopic (exact) mass is 345 g/mol. The molecule has 1 spiro atoms. The Hall–Kier alpha value is -2.57. The zero-order valence-electron chi connectivity index (χ0n) is 13.5. The lowest BCUT2D eigenvalue weighted by molar-refractivity contribution is -0.144. The second-order valence-corrected chi connectivity index (χ2v) is 6.89. The minimum absolute atomic E-state index is 0.0261. The van der Waals surface area contributed by atoms with Crippen LogP contribution in [0.4, 0.5) is 8.78 Å². The fourth-order valence-corrected chi connectivity index (χ4v) is 3.88. The maximum Gasteiger partial charge on any atom is 0.266 e. The molecule has 2 saturated heterocycles. The lowest BCUT2D eigenvalue weighted by atomic mass is 9.77. The number of carbonyl (C=O) groups is 2. The summed E-state index contributed by atoms with van der Waals surface area (Å²) in [4.78, 5) is 30.3. The third-order valence-corrected chi connectivity index (χ3v) is 5.02. The number of halogens is 2. The summed E-state index contributed by atoms with van der Waals surface area (Å²) in [6, 6.07) is 8.51. The number of benzene rings is 1. The lowest BCUT2D eigenvalue weighted by Crippen LogP contribution is -2.56. The molecule has 3 heterocycles. The topological polar surface area (TPSA) is 62.3 Å². The Balaban J connectivity index is 1.67. The first kappa shape index (κ1) is 15.9. The van der Waals surface area contributed by atoms with E-state index in [1.54, 1.807) is 30.5 Å². The van der Waals surface area contributed by atoms with Crippen LogP contribution in [0.1, 0.15) is 23.2 Å². The summed E-state index contributed by atoms with van der Waals surface area (Å²) in [5, 5.41) is 3.39. The van der Waals surface area contributed by atoms with Gasteiger partial charge >= 0.3 is 0 Å². The number of likely N-dealkylation sites (tertiary alicyclic amines) is 1. The van der Waals surface area contributed by atoms with E-state index in [9.17, 15) is 18.4 Å². The molecule has 2 aliphatic rings. The minimum atomic E-state index is -3.08. The van der Waals surface area contributed by atoms with Crippen molar-refractivity contribution in [2.75, 3.05) is 19.6 Å². The Morgan fingerprint density at radius 3 is 2.84 bits per heavy atom. The van der Waals surface area contributed by atoms with Crippen molar-refractivity contribution in [2.45, 2.75) is 18.8 Å². The van der Waals surface area contributed by atoms with Crippen LogP contribution in [-0.2, 0) is 4.79 Å². The number of nitrogens with one attached hydrogen (secondary N) is 1. The molecular formula is C18H17F2N3O2. The SMILES string of the molecule is O=C(c1ccc2ncccc2c1)N1CC(F)(F)C[C@@]2(CCNC2=O)C1. The quantitative estimate of drug-likeness (QED) is 0.862. The molecule has 2 fully saturated rings. The van der Waals surface area contributed by atoms with E-state index in [1.807, 2.05) is 6.07 Å². The molecule has 0 unspecified atom stereocenters. The van der Waals surface area contributed by atoms with Gasteiger partial charge in [-0.05, 0) is 30.7 Å². The van der Waals surface area contributed by atoms with Crippen LogP contribution in [0, 0.1) is 5.41 Å². The van der Waals surface area contributed by atoms with Gasteiger partial charge in [0.05, 0.1) is 17.5 Å². The van der Waals surface area contributed by atoms with Gasteiger partial charge in [0, 0.05) is 36.7 Å². The largest absolute Gasteiger partial charge is 0.356 e. The predicted molar refractivity (Wildman–Crippen MR) is 87.3 cm³/mol. The van der Waals surface area contributed by atoms with Crippen molar-refractivity contribution in [1.29, 1.82) is 0 Å². The van der Waals surface area contributed by atoms with E-state index in [0.29, 0.717) is 18.5 Å². The molecule has 1 aromatic carbocycles. The second-order valence-electron chi connectivity index (χ2n) is 6.89. The van der Waals surface area contributed by atoms with Gasteiger partial charge in [-0.25, -0.2) is 8.78 Å². The van der Waals surface area contributed by atoms with Gasteiger partial charge < -0.3 is 10.2 Å². The van der Waals surface area contributed by atoms with Gasteiger partial charge in [-0.2, -0.15) is 0 Å². The number of rotatable bonds is 1. The van der Waals surface area contributed by atoms with Crippen LogP contribution in [0.25, 0.3) is 10.9 Å². The first-order valence-electron chi connectivity index (χ1n) is 8.19. The van der Waals surface area contributed by atoms with Crippen molar-refractivity contribution >= 4 is 22.7 Å². The molecule has 2 aromatic rings. The molecule has 0 aliphatic carbocycles. The molecule has 5 nitrogen and oxygen atoms in total. The Morgan fingerprint density at radius 1 is 1.24 bits per heavy atom. The Bertz CT molecular complexity index is 870. The molecule has 2 aliphatic heterocycles. The second kappa shape index (κ2) is 5.47. The van der Waals surface area contributed by atoms with E-state index in [2.05, 4.69) is 10.3 Å². The van der Waals surface area contributed by atoms with Crippen LogP contribution in [0.3, 0.4) is 0 Å². The maximum atomic E-state index is 14.3. The van der Waals surface area contributed by atoms with Crippen LogP contribution in [-0.4, -0.2) is 47.3 Å². The lowest BCUT2D eigenvalue weighted by Gasteiger charge is -2.42. The molecule has 2 amide bonds. The minimum Gasteiger partial charge on any atom is -0.356 e. The molecule has 0 bridgehead atoms. The molecule has 0 saturated carbocycles. The zero-order chi connectivity index (χ0) is 17.7. The fourth-order valence-electron chi connectivity index (χ4n) is 3.88. The molecule has 130 valence electrons. The summed E-state index contributed by atoms with van der Waals surface area (Å²) in [5.74, 6) is -3.94. The summed E-state index contributed by atoms with van der Waals surface area (Å²) >= 11 is 0. The summed E-state index contributed by atoms with van der Waals surface area (Å²) in [6.45, 7) is -0.261. The first-order valence-corrected chi connectivity index (χ1v) is 8.19. The fraction of sp³-hybridized carbons (Fsp3) is 0.389. The zero-order valence-corrected chi connectivity index (χ0v) is 13.5. The molecule has 1 N–H and O–H groups in total. The van der Waals surface area contributed by atoms with Gasteiger partial charge in [0.1, 0.15) is 0 Å². The van der Waals surface area contributed by atoms with Crippen molar-refractivity contribution in [1.82, 2.24) is 15.2 Å². The number of aromatic nitrogens is 1. The molecule has 0 radical (unpaired) electrons. The molecule has 1 aromatic heterocycles. The van der Waals surface area contributed by atoms with E-state index in [4.69, 9.17) is 0 Å². The van der Waals surface area contributed by atoms with Crippen molar-refractivity contribution in [2.24, 2.45) is 5.41 Å². The van der Waals surface area contributed by atoms with Crippen LogP contribution in [0.15, 0.2) is 36.5 Å². The number of hydrogen-bond donors (Lipinski definition) is 1. The summed E-state index contributed by atoms with van der Waals surface area (Å²) in [7, 11) is 0. The van der Waals surface area contributed by atoms with E-state index in [-0.39, 0.29) is 12.5 Å². The van der Waals surface area contributed by atoms with Gasteiger partial charge in [-0.3, -0.25) is 14.6 Å². The Morgan fingerprint density at radius 2 is 2.08 bits per heavy atom. The van der Waals surface area contributed by atoms with Crippen molar-refractivity contribution < 1.29 is 18.4 Å². The van der Waals surface area contributed by atoms with Gasteiger partial charge in [0.15, 0.2) is 0 Å². The number of fused-ring (bicyclic) bond motifs is 1. The average Bonchev–Trinajstić information content (AvgIpc) is 2.91. The molecule has 1 atom stereocenters. The van der Waals surface area contributed by atoms with Gasteiger partial charge in [0.2, 0.25) is 5.91 Å². The summed E-state index contributed by atoms with van der Waals surface area (Å²) in [5.41, 5.74) is -0.128. The highest BCUT2D eigenvalue weighted by molar-refractivity contribution is 5.98. The Labute approximate surface area is 143 Å². The number of carbonyl (C=O) groups excluding carboxylic acids is 2. The van der Waals surface area contributed by atoms with Gasteiger partial charge in [0.25, 0.3) is 11.8 Å². The van der Waals surface area contributed by atoms with Crippen molar-refractivity contribution in [3.8, 4) is 0 Å². The van der Waals surface area contributed by atoms with Crippen molar-refractivity contribution in [3.05, 3.63) is 42.1 Å². The summed E-state index contributed by atoms with van der Waals surface area (Å²) in [6.07, 6.45) is 1.47. The van der Waals surface area contributed by atoms with E-state index in [1.165, 1.54) is 0 Å². The van der Waals surface area contributed by atoms with Crippen LogP contribution < -0.4 is 5.32 Å². The van der Waals surface area contributed by atoms with E-state index >= 15 is 0 Å². The van der Waals surface area contributed by atoms with Crippen molar-refractivity contribution in [3.63, 3.8) is 0 Å². The average molecular weight is 345 g/mol. The number of amides is 2. The number of nitrogens with zero attached hydrogens (tertiary/aromatic N) is 2. The number of pyridine rings is 1. The predicted octanol–water partition coefficient (Wildman–Crippen LogP) is 2.22. The number of alkyl halides is 2. The smallest absolute Gasteiger partial charge is 0.266 e. The highest BCUT2D eigenvalue weighted by Crippen LogP contribution is 2.43. The molecule has 7 heteroatoms. The third-order valence-electron chi connectivity index (χ3n) is 5.02. The van der Waals surface area contributed by atoms with E-state index in [0.717, 1.165) is 15.8 Å². The summed E-state index contributed by atoms with van der Waals surface area (Å²) < 4.78 is 28.5. The highest BCUT2D eigenvalue weighted by Gasteiger charge is 2.55. The van der Waals surface area contributed by atoms with Gasteiger partial charge in [-0.1, -0.05) is 6.07 Å². The number of hydrogen-bond acceptors (Lipinski definition) is 3. The molecular weight excluding hydrogens is 328 g/mol. The Kier molecular flexibility index (Phi) is 3.49. The van der Waals surface area contributed by atoms with Crippen LogP contribution in [0.5, 0.6) is 0 Å². The maximum absolute atomic E-state index is 14.3. The normalized spacial score (nSPS) is 25.4. The van der Waals surface area contributed by atoms with Crippen LogP contribution >= 0.6 is 0 Å². The standard InChI is InChI=1S/C18H17F2N3O2/c19-18(20)9-17(5-7-22-16(17)25)10-23(11-18)15(24)13-3-4-14-12(8-13)2-1-6-21-14/h1-4,6,8H,5,7,9-11H2,(H,22,25)/t17-/m0/s1. The van der Waals surface area contributed by atoms with Gasteiger partial charge in [-0.15, -0.1) is 0 Å². The third kappa shape index (κ3) is 2.73. The van der Waals surface area contributed by atoms with E-state index < -0.39 is 30.2 Å². The number of piperidine rings is 1. The molecule has 4 rings (SSSR count).